The Morgan fingerprint density at radius 3 is 1.27 bits per heavy atom. The summed E-state index contributed by atoms with van der Waals surface area (Å²) in [5, 5.41) is 21.0. The van der Waals surface area contributed by atoms with Crippen LogP contribution in [0.15, 0.2) is 48.5 Å². The Balaban J connectivity index is 1.77. The Labute approximate surface area is 125 Å². The quantitative estimate of drug-likeness (QED) is 0.442. The smallest absolute Gasteiger partial charge is 0.269 e. The number of non-ortho nitro benzene ring substituents is 2. The molecule has 0 spiro atoms. The number of hydrogen-bond acceptors (Lipinski definition) is 6. The molecule has 2 aromatic rings. The molecule has 114 valence electrons. The monoisotopic (exact) mass is 304 g/mol. The van der Waals surface area contributed by atoms with Gasteiger partial charge in [0.05, 0.1) is 9.85 Å². The van der Waals surface area contributed by atoms with Crippen LogP contribution >= 0.6 is 0 Å². The molecule has 0 amide bonds. The molecule has 0 radical (unpaired) electrons. The lowest BCUT2D eigenvalue weighted by molar-refractivity contribution is -0.385. The van der Waals surface area contributed by atoms with E-state index in [1.807, 2.05) is 0 Å². The SMILES string of the molecule is O=[N+]([O-])c1ccc(OCCOc2ccc([N+](=O)[O-])cc2)cc1. The highest BCUT2D eigenvalue weighted by molar-refractivity contribution is 5.36. The van der Waals surface area contributed by atoms with Gasteiger partial charge in [-0.15, -0.1) is 0 Å². The Morgan fingerprint density at radius 1 is 0.682 bits per heavy atom. The van der Waals surface area contributed by atoms with E-state index in [2.05, 4.69) is 0 Å². The second kappa shape index (κ2) is 7.02. The molecule has 0 aliphatic rings. The Bertz CT molecular complexity index is 595. The zero-order valence-electron chi connectivity index (χ0n) is 11.4. The first kappa shape index (κ1) is 15.2. The number of nitro benzene ring substituents is 2. The average molecular weight is 304 g/mol. The fourth-order valence-corrected chi connectivity index (χ4v) is 1.65. The summed E-state index contributed by atoms with van der Waals surface area (Å²) in [6.45, 7) is 0.490. The van der Waals surface area contributed by atoms with E-state index in [-0.39, 0.29) is 24.6 Å². The molecule has 2 rings (SSSR count). The molecule has 2 aromatic carbocycles. The molecule has 0 fully saturated rings. The molecule has 0 heterocycles. The van der Waals surface area contributed by atoms with Gasteiger partial charge in [-0.25, -0.2) is 0 Å². The minimum atomic E-state index is -0.485. The van der Waals surface area contributed by atoms with Gasteiger partial charge < -0.3 is 9.47 Å². The fourth-order valence-electron chi connectivity index (χ4n) is 1.65. The van der Waals surface area contributed by atoms with Gasteiger partial charge in [0, 0.05) is 24.3 Å². The molecule has 8 heteroatoms. The lowest BCUT2D eigenvalue weighted by Crippen LogP contribution is -2.08. The summed E-state index contributed by atoms with van der Waals surface area (Å²) >= 11 is 0. The first-order valence-corrected chi connectivity index (χ1v) is 6.31. The predicted octanol–water partition coefficient (Wildman–Crippen LogP) is 2.96. The van der Waals surface area contributed by atoms with E-state index in [1.165, 1.54) is 48.5 Å². The molecule has 0 aromatic heterocycles. The van der Waals surface area contributed by atoms with Crippen molar-refractivity contribution in [1.29, 1.82) is 0 Å². The largest absolute Gasteiger partial charge is 0.490 e. The van der Waals surface area contributed by atoms with Crippen molar-refractivity contribution in [2.45, 2.75) is 0 Å². The molecule has 0 aliphatic carbocycles. The molecule has 0 bridgehead atoms. The van der Waals surface area contributed by atoms with Gasteiger partial charge in [0.1, 0.15) is 24.7 Å². The van der Waals surface area contributed by atoms with Crippen LogP contribution in [0, 0.1) is 20.2 Å². The Morgan fingerprint density at radius 2 is 1.00 bits per heavy atom. The normalized spacial score (nSPS) is 10.0. The van der Waals surface area contributed by atoms with Crippen LogP contribution in [0.25, 0.3) is 0 Å². The maximum Gasteiger partial charge on any atom is 0.269 e. The van der Waals surface area contributed by atoms with Crippen LogP contribution in [-0.2, 0) is 0 Å². The summed E-state index contributed by atoms with van der Waals surface area (Å²) < 4.78 is 10.7. The summed E-state index contributed by atoms with van der Waals surface area (Å²) in [5.74, 6) is 0.996. The van der Waals surface area contributed by atoms with E-state index in [9.17, 15) is 20.2 Å². The molecule has 8 nitrogen and oxygen atoms in total. The fraction of sp³-hybridized carbons (Fsp3) is 0.143. The third-order valence-corrected chi connectivity index (χ3v) is 2.72. The van der Waals surface area contributed by atoms with E-state index < -0.39 is 9.85 Å². The highest BCUT2D eigenvalue weighted by Gasteiger charge is 2.05. The van der Waals surface area contributed by atoms with Crippen LogP contribution in [-0.4, -0.2) is 23.1 Å². The van der Waals surface area contributed by atoms with Crippen LogP contribution < -0.4 is 9.47 Å². The standard InChI is InChI=1S/C14H12N2O6/c17-15(18)11-1-5-13(6-2-11)21-9-10-22-14-7-3-12(4-8-14)16(19)20/h1-8H,9-10H2. The van der Waals surface area contributed by atoms with Gasteiger partial charge in [-0.3, -0.25) is 20.2 Å². The molecule has 0 atom stereocenters. The molecular weight excluding hydrogens is 292 g/mol. The van der Waals surface area contributed by atoms with Crippen molar-refractivity contribution in [3.63, 3.8) is 0 Å². The van der Waals surface area contributed by atoms with Crippen LogP contribution in [0.3, 0.4) is 0 Å². The van der Waals surface area contributed by atoms with Gasteiger partial charge in [0.2, 0.25) is 0 Å². The predicted molar refractivity (Wildman–Crippen MR) is 77.2 cm³/mol. The molecule has 0 unspecified atom stereocenters. The first-order chi connectivity index (χ1) is 10.6. The molecule has 0 N–H and O–H groups in total. The zero-order valence-corrected chi connectivity index (χ0v) is 11.4. The van der Waals surface area contributed by atoms with Crippen molar-refractivity contribution >= 4 is 11.4 Å². The maximum atomic E-state index is 10.5. The zero-order chi connectivity index (χ0) is 15.9. The third-order valence-electron chi connectivity index (χ3n) is 2.72. The number of hydrogen-bond donors (Lipinski definition) is 0. The second-order valence-corrected chi connectivity index (χ2v) is 4.20. The highest BCUT2D eigenvalue weighted by atomic mass is 16.6. The summed E-state index contributed by atoms with van der Waals surface area (Å²) in [7, 11) is 0. The van der Waals surface area contributed by atoms with Crippen molar-refractivity contribution in [1.82, 2.24) is 0 Å². The minimum absolute atomic E-state index is 0.00511. The van der Waals surface area contributed by atoms with Crippen molar-refractivity contribution in [3.8, 4) is 11.5 Å². The highest BCUT2D eigenvalue weighted by Crippen LogP contribution is 2.18. The van der Waals surface area contributed by atoms with Crippen molar-refractivity contribution in [2.75, 3.05) is 13.2 Å². The number of ether oxygens (including phenoxy) is 2. The number of benzene rings is 2. The summed E-state index contributed by atoms with van der Waals surface area (Å²) in [5.41, 5.74) is -0.0102. The van der Waals surface area contributed by atoms with E-state index in [4.69, 9.17) is 9.47 Å². The Kier molecular flexibility index (Phi) is 4.86. The van der Waals surface area contributed by atoms with E-state index >= 15 is 0 Å². The Hall–Kier alpha value is -3.16. The molecule has 0 aliphatic heterocycles. The van der Waals surface area contributed by atoms with Gasteiger partial charge in [-0.1, -0.05) is 0 Å². The van der Waals surface area contributed by atoms with E-state index in [1.54, 1.807) is 0 Å². The molecular formula is C14H12N2O6. The van der Waals surface area contributed by atoms with Gasteiger partial charge in [-0.05, 0) is 24.3 Å². The molecule has 0 saturated carbocycles. The van der Waals surface area contributed by atoms with Crippen LogP contribution in [0.1, 0.15) is 0 Å². The van der Waals surface area contributed by atoms with Gasteiger partial charge in [-0.2, -0.15) is 0 Å². The van der Waals surface area contributed by atoms with Crippen molar-refractivity contribution in [2.24, 2.45) is 0 Å². The average Bonchev–Trinajstić information content (AvgIpc) is 2.52. The minimum Gasteiger partial charge on any atom is -0.490 e. The lowest BCUT2D eigenvalue weighted by Gasteiger charge is -2.08. The maximum absolute atomic E-state index is 10.5. The van der Waals surface area contributed by atoms with Gasteiger partial charge in [0.15, 0.2) is 0 Å². The van der Waals surface area contributed by atoms with E-state index in [0.29, 0.717) is 11.5 Å². The summed E-state index contributed by atoms with van der Waals surface area (Å²) in [6, 6.07) is 11.4. The molecule has 0 saturated heterocycles. The summed E-state index contributed by atoms with van der Waals surface area (Å²) in [6.07, 6.45) is 0. The first-order valence-electron chi connectivity index (χ1n) is 6.31. The third kappa shape index (κ3) is 4.17. The number of nitro groups is 2. The number of rotatable bonds is 7. The van der Waals surface area contributed by atoms with Crippen LogP contribution in [0.5, 0.6) is 11.5 Å². The molecule has 22 heavy (non-hydrogen) atoms. The van der Waals surface area contributed by atoms with Crippen LogP contribution in [0.2, 0.25) is 0 Å². The second-order valence-electron chi connectivity index (χ2n) is 4.20. The lowest BCUT2D eigenvalue weighted by atomic mass is 10.3. The van der Waals surface area contributed by atoms with Crippen LogP contribution in [0.4, 0.5) is 11.4 Å². The topological polar surface area (TPSA) is 105 Å². The van der Waals surface area contributed by atoms with E-state index in [0.717, 1.165) is 0 Å². The summed E-state index contributed by atoms with van der Waals surface area (Å²) in [4.78, 5) is 20.0. The van der Waals surface area contributed by atoms with Crippen molar-refractivity contribution < 1.29 is 19.3 Å². The van der Waals surface area contributed by atoms with Gasteiger partial charge >= 0.3 is 0 Å². The van der Waals surface area contributed by atoms with Gasteiger partial charge in [0.25, 0.3) is 11.4 Å². The number of nitrogens with zero attached hydrogens (tertiary/aromatic N) is 2. The van der Waals surface area contributed by atoms with Crippen molar-refractivity contribution in [3.05, 3.63) is 68.8 Å².